The van der Waals surface area contributed by atoms with Crippen LogP contribution in [0.3, 0.4) is 0 Å². The molecule has 90 valence electrons. The van der Waals surface area contributed by atoms with Gasteiger partial charge in [-0.1, -0.05) is 26.2 Å². The van der Waals surface area contributed by atoms with Gasteiger partial charge in [-0.05, 0) is 20.0 Å². The summed E-state index contributed by atoms with van der Waals surface area (Å²) >= 11 is 0. The smallest absolute Gasteiger partial charge is 0.0346 e. The first kappa shape index (κ1) is 12.9. The number of rotatable bonds is 6. The predicted molar refractivity (Wildman–Crippen MR) is 66.1 cm³/mol. The van der Waals surface area contributed by atoms with Crippen molar-refractivity contribution in [1.82, 2.24) is 9.80 Å². The van der Waals surface area contributed by atoms with Gasteiger partial charge in [-0.15, -0.1) is 0 Å². The molecular formula is C12H27N3. The first-order valence-corrected chi connectivity index (χ1v) is 6.40. The zero-order valence-corrected chi connectivity index (χ0v) is 10.4. The Kier molecular flexibility index (Phi) is 6.22. The molecule has 1 aliphatic rings. The summed E-state index contributed by atoms with van der Waals surface area (Å²) in [6, 6.07) is 0.588. The van der Waals surface area contributed by atoms with Crippen LogP contribution in [0.4, 0.5) is 0 Å². The zero-order valence-electron chi connectivity index (χ0n) is 10.4. The predicted octanol–water partition coefficient (Wildman–Crippen LogP) is 1.14. The second-order valence-corrected chi connectivity index (χ2v) is 4.75. The summed E-state index contributed by atoms with van der Waals surface area (Å²) in [4.78, 5) is 4.97. The maximum atomic E-state index is 5.82. The third-order valence-electron chi connectivity index (χ3n) is 3.38. The van der Waals surface area contributed by atoms with E-state index in [2.05, 4.69) is 23.8 Å². The van der Waals surface area contributed by atoms with Crippen LogP contribution in [-0.4, -0.2) is 55.6 Å². The Balaban J connectivity index is 2.20. The minimum absolute atomic E-state index is 0.588. The molecule has 0 aromatic rings. The van der Waals surface area contributed by atoms with E-state index in [9.17, 15) is 0 Å². The molecule has 1 rings (SSSR count). The lowest BCUT2D eigenvalue weighted by Crippen LogP contribution is -2.54. The van der Waals surface area contributed by atoms with Crippen LogP contribution < -0.4 is 5.73 Å². The number of piperazine rings is 1. The summed E-state index contributed by atoms with van der Waals surface area (Å²) in [6.07, 6.45) is 5.41. The first-order chi connectivity index (χ1) is 7.27. The van der Waals surface area contributed by atoms with Gasteiger partial charge in [0.1, 0.15) is 0 Å². The molecule has 1 saturated heterocycles. The van der Waals surface area contributed by atoms with Gasteiger partial charge in [-0.2, -0.15) is 0 Å². The summed E-state index contributed by atoms with van der Waals surface area (Å²) in [5.74, 6) is 0. The minimum Gasteiger partial charge on any atom is -0.329 e. The molecule has 2 N–H and O–H groups in total. The summed E-state index contributed by atoms with van der Waals surface area (Å²) in [7, 11) is 2.19. The van der Waals surface area contributed by atoms with Crippen LogP contribution in [0.5, 0.6) is 0 Å². The van der Waals surface area contributed by atoms with Crippen LogP contribution in [0.2, 0.25) is 0 Å². The van der Waals surface area contributed by atoms with Crippen molar-refractivity contribution in [2.45, 2.75) is 38.6 Å². The Hall–Kier alpha value is -0.120. The fourth-order valence-corrected chi connectivity index (χ4v) is 2.31. The van der Waals surface area contributed by atoms with E-state index in [0.29, 0.717) is 6.04 Å². The van der Waals surface area contributed by atoms with Gasteiger partial charge in [0, 0.05) is 32.2 Å². The van der Waals surface area contributed by atoms with Gasteiger partial charge in [0.05, 0.1) is 0 Å². The summed E-state index contributed by atoms with van der Waals surface area (Å²) < 4.78 is 0. The quantitative estimate of drug-likeness (QED) is 0.672. The highest BCUT2D eigenvalue weighted by Crippen LogP contribution is 2.09. The van der Waals surface area contributed by atoms with Crippen molar-refractivity contribution >= 4 is 0 Å². The average Bonchev–Trinajstić information content (AvgIpc) is 2.26. The monoisotopic (exact) mass is 213 g/mol. The summed E-state index contributed by atoms with van der Waals surface area (Å²) in [5, 5.41) is 0. The van der Waals surface area contributed by atoms with Crippen LogP contribution in [0.1, 0.15) is 32.6 Å². The molecule has 0 saturated carbocycles. The van der Waals surface area contributed by atoms with Crippen molar-refractivity contribution in [2.75, 3.05) is 39.8 Å². The van der Waals surface area contributed by atoms with Gasteiger partial charge in [-0.25, -0.2) is 0 Å². The molecule has 0 radical (unpaired) electrons. The van der Waals surface area contributed by atoms with E-state index in [1.807, 2.05) is 0 Å². The lowest BCUT2D eigenvalue weighted by atomic mass is 10.1. The number of likely N-dealkylation sites (N-methyl/N-ethyl adjacent to an activating group) is 1. The van der Waals surface area contributed by atoms with Gasteiger partial charge < -0.3 is 10.6 Å². The van der Waals surface area contributed by atoms with Gasteiger partial charge in [-0.3, -0.25) is 4.90 Å². The number of unbranched alkanes of at least 4 members (excludes halogenated alkanes) is 3. The highest BCUT2D eigenvalue weighted by atomic mass is 15.3. The summed E-state index contributed by atoms with van der Waals surface area (Å²) in [6.45, 7) is 7.85. The van der Waals surface area contributed by atoms with Crippen LogP contribution in [0, 0.1) is 0 Å². The van der Waals surface area contributed by atoms with E-state index < -0.39 is 0 Å². The number of hydrogen-bond donors (Lipinski definition) is 1. The molecule has 0 bridgehead atoms. The van der Waals surface area contributed by atoms with Crippen molar-refractivity contribution in [3.8, 4) is 0 Å². The van der Waals surface area contributed by atoms with Crippen molar-refractivity contribution in [3.05, 3.63) is 0 Å². The number of nitrogens with zero attached hydrogens (tertiary/aromatic N) is 2. The van der Waals surface area contributed by atoms with Gasteiger partial charge in [0.25, 0.3) is 0 Å². The molecule has 1 unspecified atom stereocenters. The Morgan fingerprint density at radius 3 is 2.67 bits per heavy atom. The maximum Gasteiger partial charge on any atom is 0.0346 e. The molecule has 0 spiro atoms. The summed E-state index contributed by atoms with van der Waals surface area (Å²) in [5.41, 5.74) is 5.82. The van der Waals surface area contributed by atoms with Gasteiger partial charge in [0.2, 0.25) is 0 Å². The average molecular weight is 213 g/mol. The second-order valence-electron chi connectivity index (χ2n) is 4.75. The Labute approximate surface area is 94.6 Å². The van der Waals surface area contributed by atoms with Crippen LogP contribution >= 0.6 is 0 Å². The van der Waals surface area contributed by atoms with E-state index in [1.165, 1.54) is 45.3 Å². The lowest BCUT2D eigenvalue weighted by molar-refractivity contribution is 0.0927. The zero-order chi connectivity index (χ0) is 11.1. The molecular weight excluding hydrogens is 186 g/mol. The lowest BCUT2D eigenvalue weighted by Gasteiger charge is -2.39. The molecule has 1 atom stereocenters. The fraction of sp³-hybridized carbons (Fsp3) is 1.00. The van der Waals surface area contributed by atoms with E-state index in [4.69, 9.17) is 5.73 Å². The fourth-order valence-electron chi connectivity index (χ4n) is 2.31. The van der Waals surface area contributed by atoms with Crippen molar-refractivity contribution in [3.63, 3.8) is 0 Å². The second kappa shape index (κ2) is 7.20. The Bertz CT molecular complexity index is 161. The molecule has 1 heterocycles. The molecule has 0 aromatic heterocycles. The van der Waals surface area contributed by atoms with Gasteiger partial charge in [0.15, 0.2) is 0 Å². The van der Waals surface area contributed by atoms with Crippen LogP contribution in [0.25, 0.3) is 0 Å². The molecule has 1 aliphatic heterocycles. The SMILES string of the molecule is CCCCCCN1CCN(C)CC1CN. The van der Waals surface area contributed by atoms with Crippen molar-refractivity contribution < 1.29 is 0 Å². The molecule has 0 amide bonds. The Morgan fingerprint density at radius 2 is 2.00 bits per heavy atom. The Morgan fingerprint density at radius 1 is 1.20 bits per heavy atom. The van der Waals surface area contributed by atoms with Crippen LogP contribution in [-0.2, 0) is 0 Å². The van der Waals surface area contributed by atoms with E-state index in [0.717, 1.165) is 13.1 Å². The van der Waals surface area contributed by atoms with Gasteiger partial charge >= 0.3 is 0 Å². The number of hydrogen-bond acceptors (Lipinski definition) is 3. The molecule has 0 aliphatic carbocycles. The van der Waals surface area contributed by atoms with E-state index >= 15 is 0 Å². The molecule has 1 fully saturated rings. The van der Waals surface area contributed by atoms with E-state index in [-0.39, 0.29) is 0 Å². The molecule has 3 nitrogen and oxygen atoms in total. The maximum absolute atomic E-state index is 5.82. The molecule has 15 heavy (non-hydrogen) atoms. The molecule has 3 heteroatoms. The standard InChI is InChI=1S/C12H27N3/c1-3-4-5-6-7-15-9-8-14(2)11-12(15)10-13/h12H,3-11,13H2,1-2H3. The largest absolute Gasteiger partial charge is 0.329 e. The first-order valence-electron chi connectivity index (χ1n) is 6.40. The highest BCUT2D eigenvalue weighted by molar-refractivity contribution is 4.81. The van der Waals surface area contributed by atoms with Crippen LogP contribution in [0.15, 0.2) is 0 Å². The van der Waals surface area contributed by atoms with Crippen molar-refractivity contribution in [2.24, 2.45) is 5.73 Å². The third kappa shape index (κ3) is 4.49. The normalized spacial score (nSPS) is 24.6. The molecule has 0 aromatic carbocycles. The highest BCUT2D eigenvalue weighted by Gasteiger charge is 2.22. The number of nitrogens with two attached hydrogens (primary N) is 1. The van der Waals surface area contributed by atoms with E-state index in [1.54, 1.807) is 0 Å². The van der Waals surface area contributed by atoms with Crippen molar-refractivity contribution in [1.29, 1.82) is 0 Å². The minimum atomic E-state index is 0.588. The third-order valence-corrected chi connectivity index (χ3v) is 3.38. The topological polar surface area (TPSA) is 32.5 Å².